The highest BCUT2D eigenvalue weighted by molar-refractivity contribution is 5.95. The normalized spacial score (nSPS) is 11.0. The minimum absolute atomic E-state index is 0.631. The van der Waals surface area contributed by atoms with E-state index in [9.17, 15) is 4.79 Å². The Hall–Kier alpha value is -1.96. The highest BCUT2D eigenvalue weighted by Gasteiger charge is 2.01. The number of hydrogen-bond acceptors (Lipinski definition) is 2. The van der Waals surface area contributed by atoms with Crippen molar-refractivity contribution >= 4 is 29.0 Å². The Bertz CT molecular complexity index is 529. The van der Waals surface area contributed by atoms with E-state index in [2.05, 4.69) is 4.99 Å². The zero-order valence-electron chi connectivity index (χ0n) is 8.47. The van der Waals surface area contributed by atoms with Gasteiger partial charge in [0.25, 0.3) is 0 Å². The fourth-order valence-corrected chi connectivity index (χ4v) is 1.59. The summed E-state index contributed by atoms with van der Waals surface area (Å²) < 4.78 is 0. The van der Waals surface area contributed by atoms with Crippen molar-refractivity contribution in [2.75, 3.05) is 0 Å². The number of aliphatic imine (C=N–C) groups is 1. The number of aldehydes is 1. The maximum absolute atomic E-state index is 10.9. The van der Waals surface area contributed by atoms with Gasteiger partial charge in [-0.1, -0.05) is 24.3 Å². The number of nitrogens with zero attached hydrogens (tertiary/aromatic N) is 1. The molecule has 2 nitrogen and oxygen atoms in total. The van der Waals surface area contributed by atoms with Crippen molar-refractivity contribution in [1.82, 2.24) is 0 Å². The number of fused-ring (bicyclic) bond motifs is 1. The second-order valence-corrected chi connectivity index (χ2v) is 3.26. The molecule has 0 atom stereocenters. The minimum Gasteiger partial charge on any atom is -0.298 e. The molecule has 0 saturated carbocycles. The molecule has 0 amide bonds. The molecule has 0 aliphatic carbocycles. The molecule has 0 unspecified atom stereocenters. The van der Waals surface area contributed by atoms with Crippen LogP contribution in [0.15, 0.2) is 41.4 Å². The third kappa shape index (κ3) is 1.79. The monoisotopic (exact) mass is 197 g/mol. The van der Waals surface area contributed by atoms with Crippen molar-refractivity contribution < 1.29 is 4.79 Å². The second-order valence-electron chi connectivity index (χ2n) is 3.26. The van der Waals surface area contributed by atoms with Gasteiger partial charge in [-0.25, -0.2) is 0 Å². The van der Waals surface area contributed by atoms with Crippen LogP contribution in [-0.2, 0) is 0 Å². The van der Waals surface area contributed by atoms with Gasteiger partial charge in [0.1, 0.15) is 0 Å². The maximum Gasteiger partial charge on any atom is 0.152 e. The Balaban J connectivity index is 2.74. The van der Waals surface area contributed by atoms with Crippen LogP contribution in [-0.4, -0.2) is 12.5 Å². The lowest BCUT2D eigenvalue weighted by Crippen LogP contribution is -1.82. The van der Waals surface area contributed by atoms with E-state index in [0.717, 1.165) is 22.7 Å². The molecular weight excluding hydrogens is 186 g/mol. The highest BCUT2D eigenvalue weighted by atomic mass is 16.1. The zero-order valence-corrected chi connectivity index (χ0v) is 8.47. The van der Waals surface area contributed by atoms with Crippen LogP contribution in [0.1, 0.15) is 17.3 Å². The SMILES string of the molecule is CC=Nc1cc2ccccc2cc1C=O. The Morgan fingerprint density at radius 2 is 1.80 bits per heavy atom. The summed E-state index contributed by atoms with van der Waals surface area (Å²) in [7, 11) is 0. The third-order valence-corrected chi connectivity index (χ3v) is 2.29. The first-order valence-electron chi connectivity index (χ1n) is 4.82. The smallest absolute Gasteiger partial charge is 0.152 e. The topological polar surface area (TPSA) is 29.4 Å². The highest BCUT2D eigenvalue weighted by Crippen LogP contribution is 2.24. The number of hydrogen-bond donors (Lipinski definition) is 0. The van der Waals surface area contributed by atoms with Gasteiger partial charge in [0.15, 0.2) is 6.29 Å². The van der Waals surface area contributed by atoms with Crippen LogP contribution in [0.5, 0.6) is 0 Å². The molecule has 0 N–H and O–H groups in total. The van der Waals surface area contributed by atoms with Gasteiger partial charge < -0.3 is 0 Å². The average Bonchev–Trinajstić information content (AvgIpc) is 2.28. The molecule has 74 valence electrons. The van der Waals surface area contributed by atoms with Gasteiger partial charge in [0, 0.05) is 11.8 Å². The first-order chi connectivity index (χ1) is 7.35. The third-order valence-electron chi connectivity index (χ3n) is 2.29. The predicted molar refractivity (Wildman–Crippen MR) is 63.2 cm³/mol. The van der Waals surface area contributed by atoms with Crippen molar-refractivity contribution in [3.05, 3.63) is 42.0 Å². The van der Waals surface area contributed by atoms with Gasteiger partial charge in [-0.3, -0.25) is 9.79 Å². The number of carbonyl (C=O) groups excluding carboxylic acids is 1. The van der Waals surface area contributed by atoms with Crippen molar-refractivity contribution in [2.45, 2.75) is 6.92 Å². The van der Waals surface area contributed by atoms with Crippen LogP contribution >= 0.6 is 0 Å². The number of rotatable bonds is 2. The molecular formula is C13H11NO. The lowest BCUT2D eigenvalue weighted by Gasteiger charge is -2.02. The molecule has 0 heterocycles. The summed E-state index contributed by atoms with van der Waals surface area (Å²) >= 11 is 0. The van der Waals surface area contributed by atoms with Gasteiger partial charge in [0.2, 0.25) is 0 Å². The van der Waals surface area contributed by atoms with Crippen LogP contribution < -0.4 is 0 Å². The van der Waals surface area contributed by atoms with Gasteiger partial charge in [0.05, 0.1) is 5.69 Å². The Labute approximate surface area is 88.3 Å². The quantitative estimate of drug-likeness (QED) is 0.536. The number of benzene rings is 2. The van der Waals surface area contributed by atoms with Crippen LogP contribution in [0.3, 0.4) is 0 Å². The Kier molecular flexibility index (Phi) is 2.59. The van der Waals surface area contributed by atoms with Crippen molar-refractivity contribution in [3.8, 4) is 0 Å². The fourth-order valence-electron chi connectivity index (χ4n) is 1.59. The lowest BCUT2D eigenvalue weighted by molar-refractivity contribution is 0.112. The van der Waals surface area contributed by atoms with E-state index >= 15 is 0 Å². The van der Waals surface area contributed by atoms with E-state index in [1.165, 1.54) is 0 Å². The summed E-state index contributed by atoms with van der Waals surface area (Å²) in [5.74, 6) is 0. The van der Waals surface area contributed by atoms with Crippen LogP contribution in [0.25, 0.3) is 10.8 Å². The van der Waals surface area contributed by atoms with E-state index in [4.69, 9.17) is 0 Å². The van der Waals surface area contributed by atoms with Crippen molar-refractivity contribution in [2.24, 2.45) is 4.99 Å². The predicted octanol–water partition coefficient (Wildman–Crippen LogP) is 3.37. The average molecular weight is 197 g/mol. The van der Waals surface area contributed by atoms with Crippen molar-refractivity contribution in [3.63, 3.8) is 0 Å². The first-order valence-corrected chi connectivity index (χ1v) is 4.82. The Morgan fingerprint density at radius 1 is 1.13 bits per heavy atom. The largest absolute Gasteiger partial charge is 0.298 e. The van der Waals surface area contributed by atoms with E-state index in [0.29, 0.717) is 5.56 Å². The standard InChI is InChI=1S/C13H11NO/c1-2-14-13-8-11-6-4-3-5-10(11)7-12(13)9-15/h2-9H,1H3. The molecule has 0 aliphatic heterocycles. The van der Waals surface area contributed by atoms with Gasteiger partial charge in [-0.05, 0) is 29.8 Å². The van der Waals surface area contributed by atoms with Gasteiger partial charge in [-0.15, -0.1) is 0 Å². The summed E-state index contributed by atoms with van der Waals surface area (Å²) in [5.41, 5.74) is 1.36. The van der Waals surface area contributed by atoms with Gasteiger partial charge in [-0.2, -0.15) is 0 Å². The fraction of sp³-hybridized carbons (Fsp3) is 0.0769. The maximum atomic E-state index is 10.9. The molecule has 2 aromatic rings. The summed E-state index contributed by atoms with van der Waals surface area (Å²) in [5, 5.41) is 2.17. The minimum atomic E-state index is 0.631. The van der Waals surface area contributed by atoms with E-state index < -0.39 is 0 Å². The molecule has 0 radical (unpaired) electrons. The summed E-state index contributed by atoms with van der Waals surface area (Å²) in [4.78, 5) is 15.0. The summed E-state index contributed by atoms with van der Waals surface area (Å²) in [6.45, 7) is 1.84. The van der Waals surface area contributed by atoms with Crippen molar-refractivity contribution in [1.29, 1.82) is 0 Å². The molecule has 2 heteroatoms. The molecule has 0 bridgehead atoms. The summed E-state index contributed by atoms with van der Waals surface area (Å²) in [6, 6.07) is 11.7. The molecule has 2 aromatic carbocycles. The van der Waals surface area contributed by atoms with E-state index in [1.54, 1.807) is 6.21 Å². The lowest BCUT2D eigenvalue weighted by atomic mass is 10.1. The van der Waals surface area contributed by atoms with Gasteiger partial charge >= 0.3 is 0 Å². The molecule has 0 aromatic heterocycles. The second kappa shape index (κ2) is 4.05. The molecule has 15 heavy (non-hydrogen) atoms. The molecule has 0 spiro atoms. The molecule has 0 fully saturated rings. The molecule has 0 saturated heterocycles. The number of carbonyl (C=O) groups is 1. The van der Waals surface area contributed by atoms with E-state index in [1.807, 2.05) is 43.3 Å². The Morgan fingerprint density at radius 3 is 2.40 bits per heavy atom. The van der Waals surface area contributed by atoms with Crippen LogP contribution in [0.4, 0.5) is 5.69 Å². The molecule has 2 rings (SSSR count). The molecule has 0 aliphatic rings. The zero-order chi connectivity index (χ0) is 10.7. The van der Waals surface area contributed by atoms with Crippen LogP contribution in [0, 0.1) is 0 Å². The summed E-state index contributed by atoms with van der Waals surface area (Å²) in [6.07, 6.45) is 2.53. The van der Waals surface area contributed by atoms with Crippen LogP contribution in [0.2, 0.25) is 0 Å². The van der Waals surface area contributed by atoms with E-state index in [-0.39, 0.29) is 0 Å². The first kappa shape index (κ1) is 9.59.